The molecule has 0 spiro atoms. The summed E-state index contributed by atoms with van der Waals surface area (Å²) in [5, 5.41) is 0. The first-order valence-corrected chi connectivity index (χ1v) is 4.18. The first kappa shape index (κ1) is 7.98. The lowest BCUT2D eigenvalue weighted by Gasteiger charge is -1.91. The van der Waals surface area contributed by atoms with E-state index in [9.17, 15) is 4.79 Å². The van der Waals surface area contributed by atoms with Gasteiger partial charge < -0.3 is 4.74 Å². The van der Waals surface area contributed by atoms with Gasteiger partial charge in [0, 0.05) is 6.92 Å². The monoisotopic (exact) mass is 176 g/mol. The molecule has 1 aromatic rings. The van der Waals surface area contributed by atoms with Crippen LogP contribution in [0.4, 0.5) is 0 Å². The summed E-state index contributed by atoms with van der Waals surface area (Å²) in [6.45, 7) is 1.78. The van der Waals surface area contributed by atoms with E-state index in [1.165, 1.54) is 0 Å². The number of hydrogen-bond donors (Lipinski definition) is 1. The number of esters is 1. The lowest BCUT2D eigenvalue weighted by molar-refractivity contribution is -0.476. The molecule has 0 saturated carbocycles. The lowest BCUT2D eigenvalue weighted by Crippen LogP contribution is -2.76. The van der Waals surface area contributed by atoms with Crippen LogP contribution in [0.3, 0.4) is 0 Å². The van der Waals surface area contributed by atoms with Crippen LogP contribution in [0.25, 0.3) is 0 Å². The van der Waals surface area contributed by atoms with Crippen LogP contribution in [0.1, 0.15) is 12.5 Å². The average molecular weight is 176 g/mol. The van der Waals surface area contributed by atoms with Crippen molar-refractivity contribution in [3.63, 3.8) is 0 Å². The van der Waals surface area contributed by atoms with E-state index in [1.807, 2.05) is 30.3 Å². The van der Waals surface area contributed by atoms with Gasteiger partial charge in [0.05, 0.1) is 5.56 Å². The summed E-state index contributed by atoms with van der Waals surface area (Å²) < 4.78 is 5.03. The van der Waals surface area contributed by atoms with Gasteiger partial charge >= 0.3 is 11.9 Å². The van der Waals surface area contributed by atoms with E-state index in [-0.39, 0.29) is 12.0 Å². The van der Waals surface area contributed by atoms with Gasteiger partial charge in [-0.25, -0.2) is 4.79 Å². The second-order valence-corrected chi connectivity index (χ2v) is 2.98. The summed E-state index contributed by atoms with van der Waals surface area (Å²) in [5.74, 6) is 0.331. The molecule has 1 N–H and O–H groups in total. The minimum Gasteiger partial charge on any atom is -0.366 e. The number of nitrogens with one attached hydrogen (secondary N) is 1. The molecular weight excluding hydrogens is 166 g/mol. The highest BCUT2D eigenvalue weighted by Gasteiger charge is 2.32. The maximum atomic E-state index is 11.1. The SMILES string of the molecule is CC1[NH+]=C(c2ccccc2)OC1=O. The second-order valence-electron chi connectivity index (χ2n) is 2.98. The summed E-state index contributed by atoms with van der Waals surface area (Å²) in [5.41, 5.74) is 0.903. The first-order valence-electron chi connectivity index (χ1n) is 4.18. The minimum absolute atomic E-state index is 0.223. The molecule has 0 aromatic heterocycles. The molecule has 2 rings (SSSR count). The molecule has 13 heavy (non-hydrogen) atoms. The number of ether oxygens (including phenoxy) is 1. The minimum atomic E-state index is -0.241. The number of carbonyl (C=O) groups is 1. The smallest absolute Gasteiger partial charge is 0.366 e. The van der Waals surface area contributed by atoms with E-state index < -0.39 is 0 Å². The topological polar surface area (TPSA) is 40.3 Å². The van der Waals surface area contributed by atoms with Gasteiger partial charge in [-0.15, -0.1) is 0 Å². The van der Waals surface area contributed by atoms with Gasteiger partial charge in [0.1, 0.15) is 0 Å². The van der Waals surface area contributed by atoms with Crippen molar-refractivity contribution in [1.29, 1.82) is 0 Å². The molecule has 1 aromatic carbocycles. The van der Waals surface area contributed by atoms with Crippen molar-refractivity contribution in [1.82, 2.24) is 0 Å². The Hall–Kier alpha value is -1.64. The zero-order valence-corrected chi connectivity index (χ0v) is 7.28. The van der Waals surface area contributed by atoms with Crippen molar-refractivity contribution in [2.75, 3.05) is 0 Å². The standard InChI is InChI=1S/C10H9NO2/c1-7-10(12)13-9(11-7)8-5-3-2-4-6-8/h2-7H,1H3/p+1. The molecule has 1 atom stereocenters. The fourth-order valence-electron chi connectivity index (χ4n) is 1.21. The predicted molar refractivity (Wildman–Crippen MR) is 47.1 cm³/mol. The number of hydrogen-bond acceptors (Lipinski definition) is 2. The Labute approximate surface area is 76.1 Å². The Bertz CT molecular complexity index is 356. The fraction of sp³-hybridized carbons (Fsp3) is 0.200. The maximum absolute atomic E-state index is 11.1. The summed E-state index contributed by atoms with van der Waals surface area (Å²) in [4.78, 5) is 14.0. The Morgan fingerprint density at radius 2 is 2.00 bits per heavy atom. The quantitative estimate of drug-likeness (QED) is 0.584. The molecule has 0 radical (unpaired) electrons. The molecule has 0 saturated heterocycles. The lowest BCUT2D eigenvalue weighted by atomic mass is 10.2. The molecule has 0 fully saturated rings. The Morgan fingerprint density at radius 3 is 2.54 bits per heavy atom. The van der Waals surface area contributed by atoms with Gasteiger partial charge in [0.2, 0.25) is 6.04 Å². The van der Waals surface area contributed by atoms with E-state index >= 15 is 0 Å². The van der Waals surface area contributed by atoms with Crippen LogP contribution < -0.4 is 4.99 Å². The van der Waals surface area contributed by atoms with E-state index in [0.717, 1.165) is 5.56 Å². The van der Waals surface area contributed by atoms with E-state index in [0.29, 0.717) is 5.90 Å². The van der Waals surface area contributed by atoms with Crippen molar-refractivity contribution < 1.29 is 14.5 Å². The Kier molecular flexibility index (Phi) is 1.85. The van der Waals surface area contributed by atoms with Gasteiger partial charge in [0.15, 0.2) is 0 Å². The Balaban J connectivity index is 2.30. The number of rotatable bonds is 1. The van der Waals surface area contributed by atoms with Crippen LogP contribution in [0.5, 0.6) is 0 Å². The van der Waals surface area contributed by atoms with Gasteiger partial charge in [-0.3, -0.25) is 0 Å². The third-order valence-electron chi connectivity index (χ3n) is 1.94. The first-order chi connectivity index (χ1) is 6.27. The van der Waals surface area contributed by atoms with Gasteiger partial charge in [-0.2, -0.15) is 4.99 Å². The summed E-state index contributed by atoms with van der Waals surface area (Å²) >= 11 is 0. The molecule has 1 heterocycles. The van der Waals surface area contributed by atoms with Crippen LogP contribution in [0, 0.1) is 0 Å². The molecule has 3 nitrogen and oxygen atoms in total. The summed E-state index contributed by atoms with van der Waals surface area (Å²) in [6, 6.07) is 9.28. The highest BCUT2D eigenvalue weighted by Crippen LogP contribution is 2.02. The molecule has 0 bridgehead atoms. The molecule has 66 valence electrons. The van der Waals surface area contributed by atoms with Crippen LogP contribution in [0.15, 0.2) is 30.3 Å². The van der Waals surface area contributed by atoms with E-state index in [1.54, 1.807) is 6.92 Å². The van der Waals surface area contributed by atoms with Gasteiger partial charge in [0.25, 0.3) is 0 Å². The zero-order chi connectivity index (χ0) is 9.26. The largest absolute Gasteiger partial charge is 0.384 e. The van der Waals surface area contributed by atoms with E-state index in [2.05, 4.69) is 4.99 Å². The number of cyclic esters (lactones) is 1. The number of benzene rings is 1. The average Bonchev–Trinajstić information content (AvgIpc) is 2.49. The summed E-state index contributed by atoms with van der Waals surface area (Å²) in [7, 11) is 0. The van der Waals surface area contributed by atoms with Crippen LogP contribution in [-0.4, -0.2) is 17.9 Å². The summed E-state index contributed by atoms with van der Waals surface area (Å²) in [6.07, 6.45) is 0. The number of carbonyl (C=O) groups excluding carboxylic acids is 1. The second kappa shape index (κ2) is 3.01. The highest BCUT2D eigenvalue weighted by atomic mass is 16.6. The van der Waals surface area contributed by atoms with Crippen molar-refractivity contribution in [3.8, 4) is 0 Å². The zero-order valence-electron chi connectivity index (χ0n) is 7.28. The van der Waals surface area contributed by atoms with Crippen molar-refractivity contribution in [2.45, 2.75) is 13.0 Å². The highest BCUT2D eigenvalue weighted by molar-refractivity contribution is 6.00. The molecular formula is C10H10NO2+. The molecule has 3 heteroatoms. The van der Waals surface area contributed by atoms with Crippen LogP contribution in [0.2, 0.25) is 0 Å². The molecule has 0 amide bonds. The normalized spacial score (nSPS) is 21.2. The molecule has 1 unspecified atom stereocenters. The maximum Gasteiger partial charge on any atom is 0.384 e. The fourth-order valence-corrected chi connectivity index (χ4v) is 1.21. The third-order valence-corrected chi connectivity index (χ3v) is 1.94. The molecule has 1 aliphatic rings. The van der Waals surface area contributed by atoms with Crippen molar-refractivity contribution in [2.24, 2.45) is 0 Å². The van der Waals surface area contributed by atoms with Gasteiger partial charge in [-0.1, -0.05) is 18.2 Å². The van der Waals surface area contributed by atoms with Crippen molar-refractivity contribution >= 4 is 11.9 Å². The molecule has 0 aliphatic carbocycles. The Morgan fingerprint density at radius 1 is 1.31 bits per heavy atom. The predicted octanol–water partition coefficient (Wildman–Crippen LogP) is -0.541. The van der Waals surface area contributed by atoms with E-state index in [4.69, 9.17) is 4.74 Å². The van der Waals surface area contributed by atoms with Gasteiger partial charge in [-0.05, 0) is 12.1 Å². The third kappa shape index (κ3) is 1.45. The van der Waals surface area contributed by atoms with Crippen molar-refractivity contribution in [3.05, 3.63) is 35.9 Å². The molecule has 1 aliphatic heterocycles. The van der Waals surface area contributed by atoms with Crippen LogP contribution in [-0.2, 0) is 9.53 Å². The van der Waals surface area contributed by atoms with Crippen LogP contribution >= 0.6 is 0 Å².